The molecule has 2 aromatic rings. The SMILES string of the molecule is Cc1ccccc1CNC1c2ccccc2CCC1(C)C. The van der Waals surface area contributed by atoms with Gasteiger partial charge in [0.1, 0.15) is 0 Å². The third-order valence-electron chi connectivity index (χ3n) is 4.94. The third kappa shape index (κ3) is 2.89. The van der Waals surface area contributed by atoms with Crippen LogP contribution in [0.5, 0.6) is 0 Å². The lowest BCUT2D eigenvalue weighted by atomic mass is 9.70. The molecule has 1 aliphatic rings. The van der Waals surface area contributed by atoms with Gasteiger partial charge in [0, 0.05) is 12.6 Å². The average molecular weight is 279 g/mol. The van der Waals surface area contributed by atoms with E-state index in [2.05, 4.69) is 74.6 Å². The van der Waals surface area contributed by atoms with Crippen molar-refractivity contribution in [2.24, 2.45) is 5.41 Å². The van der Waals surface area contributed by atoms with Gasteiger partial charge in [-0.15, -0.1) is 0 Å². The Hall–Kier alpha value is -1.60. The van der Waals surface area contributed by atoms with Crippen molar-refractivity contribution >= 4 is 0 Å². The van der Waals surface area contributed by atoms with Crippen LogP contribution in [0.4, 0.5) is 0 Å². The molecule has 0 saturated heterocycles. The van der Waals surface area contributed by atoms with Gasteiger partial charge in [0.05, 0.1) is 0 Å². The number of fused-ring (bicyclic) bond motifs is 1. The average Bonchev–Trinajstić information content (AvgIpc) is 2.47. The van der Waals surface area contributed by atoms with E-state index >= 15 is 0 Å². The summed E-state index contributed by atoms with van der Waals surface area (Å²) in [5, 5.41) is 3.83. The van der Waals surface area contributed by atoms with E-state index in [1.54, 1.807) is 0 Å². The second-order valence-electron chi connectivity index (χ2n) is 6.93. The smallest absolute Gasteiger partial charge is 0.0377 e. The lowest BCUT2D eigenvalue weighted by molar-refractivity contribution is 0.208. The molecule has 0 aliphatic heterocycles. The van der Waals surface area contributed by atoms with Gasteiger partial charge in [-0.1, -0.05) is 62.4 Å². The van der Waals surface area contributed by atoms with Crippen LogP contribution in [-0.2, 0) is 13.0 Å². The first kappa shape index (κ1) is 14.3. The molecule has 0 heterocycles. The molecule has 0 amide bonds. The highest BCUT2D eigenvalue weighted by molar-refractivity contribution is 5.34. The Morgan fingerprint density at radius 2 is 1.76 bits per heavy atom. The van der Waals surface area contributed by atoms with Gasteiger partial charge in [-0.25, -0.2) is 0 Å². The Bertz CT molecular complexity index is 627. The molecule has 1 N–H and O–H groups in total. The van der Waals surface area contributed by atoms with E-state index in [1.165, 1.54) is 35.1 Å². The standard InChI is InChI=1S/C20H25N/c1-15-8-4-5-10-17(15)14-21-19-18-11-7-6-9-16(18)12-13-20(19,2)3/h4-11,19,21H,12-14H2,1-3H3. The topological polar surface area (TPSA) is 12.0 Å². The maximum Gasteiger partial charge on any atom is 0.0377 e. The molecule has 1 unspecified atom stereocenters. The first-order valence-corrected chi connectivity index (χ1v) is 7.93. The summed E-state index contributed by atoms with van der Waals surface area (Å²) < 4.78 is 0. The molecule has 0 aromatic heterocycles. The molecule has 0 saturated carbocycles. The summed E-state index contributed by atoms with van der Waals surface area (Å²) in [6, 6.07) is 18.0. The third-order valence-corrected chi connectivity index (χ3v) is 4.94. The van der Waals surface area contributed by atoms with Crippen molar-refractivity contribution in [2.75, 3.05) is 0 Å². The second-order valence-corrected chi connectivity index (χ2v) is 6.93. The Morgan fingerprint density at radius 1 is 1.05 bits per heavy atom. The molecule has 1 nitrogen and oxygen atoms in total. The molecular formula is C20H25N. The fourth-order valence-corrected chi connectivity index (χ4v) is 3.47. The maximum atomic E-state index is 3.83. The van der Waals surface area contributed by atoms with Crippen LogP contribution in [0.15, 0.2) is 48.5 Å². The van der Waals surface area contributed by atoms with Crippen molar-refractivity contribution < 1.29 is 0 Å². The number of nitrogens with one attached hydrogen (secondary N) is 1. The van der Waals surface area contributed by atoms with Gasteiger partial charge >= 0.3 is 0 Å². The van der Waals surface area contributed by atoms with Crippen LogP contribution < -0.4 is 5.32 Å². The zero-order valence-electron chi connectivity index (χ0n) is 13.3. The fraction of sp³-hybridized carbons (Fsp3) is 0.400. The number of rotatable bonds is 3. The largest absolute Gasteiger partial charge is 0.305 e. The molecule has 3 rings (SSSR count). The predicted octanol–water partition coefficient (Wildman–Crippen LogP) is 4.80. The van der Waals surface area contributed by atoms with Crippen LogP contribution in [0.3, 0.4) is 0 Å². The van der Waals surface area contributed by atoms with Gasteiger partial charge in [-0.2, -0.15) is 0 Å². The Kier molecular flexibility index (Phi) is 3.86. The van der Waals surface area contributed by atoms with Crippen LogP contribution >= 0.6 is 0 Å². The zero-order valence-corrected chi connectivity index (χ0v) is 13.3. The molecule has 0 bridgehead atoms. The quantitative estimate of drug-likeness (QED) is 0.851. The molecule has 1 heteroatoms. The molecule has 0 fully saturated rings. The van der Waals surface area contributed by atoms with Gasteiger partial charge in [0.2, 0.25) is 0 Å². The minimum atomic E-state index is 0.303. The van der Waals surface area contributed by atoms with Crippen LogP contribution in [-0.4, -0.2) is 0 Å². The van der Waals surface area contributed by atoms with Gasteiger partial charge in [-0.3, -0.25) is 0 Å². The highest BCUT2D eigenvalue weighted by Crippen LogP contribution is 2.43. The first-order chi connectivity index (χ1) is 10.1. The van der Waals surface area contributed by atoms with E-state index in [4.69, 9.17) is 0 Å². The van der Waals surface area contributed by atoms with Gasteiger partial charge in [-0.05, 0) is 47.4 Å². The minimum absolute atomic E-state index is 0.303. The van der Waals surface area contributed by atoms with Crippen molar-refractivity contribution in [1.29, 1.82) is 0 Å². The first-order valence-electron chi connectivity index (χ1n) is 7.93. The summed E-state index contributed by atoms with van der Waals surface area (Å²) in [4.78, 5) is 0. The zero-order chi connectivity index (χ0) is 14.9. The fourth-order valence-electron chi connectivity index (χ4n) is 3.47. The van der Waals surface area contributed by atoms with Gasteiger partial charge in [0.25, 0.3) is 0 Å². The highest BCUT2D eigenvalue weighted by atomic mass is 14.9. The van der Waals surface area contributed by atoms with Crippen molar-refractivity contribution in [2.45, 2.75) is 46.2 Å². The van der Waals surface area contributed by atoms with Crippen molar-refractivity contribution in [3.05, 3.63) is 70.8 Å². The van der Waals surface area contributed by atoms with Crippen LogP contribution in [0.2, 0.25) is 0 Å². The molecule has 2 aromatic carbocycles. The van der Waals surface area contributed by atoms with Crippen LogP contribution in [0, 0.1) is 12.3 Å². The lowest BCUT2D eigenvalue weighted by Gasteiger charge is -2.41. The second kappa shape index (κ2) is 5.65. The monoisotopic (exact) mass is 279 g/mol. The lowest BCUT2D eigenvalue weighted by Crippen LogP contribution is -2.37. The normalized spacial score (nSPS) is 20.0. The molecule has 0 radical (unpaired) electrons. The summed E-state index contributed by atoms with van der Waals surface area (Å²) in [5.41, 5.74) is 6.07. The van der Waals surface area contributed by atoms with E-state index in [0.29, 0.717) is 11.5 Å². The van der Waals surface area contributed by atoms with E-state index < -0.39 is 0 Å². The van der Waals surface area contributed by atoms with Crippen LogP contribution in [0.1, 0.15) is 48.6 Å². The van der Waals surface area contributed by atoms with E-state index in [0.717, 1.165) is 6.54 Å². The van der Waals surface area contributed by atoms with Crippen LogP contribution in [0.25, 0.3) is 0 Å². The maximum absolute atomic E-state index is 3.83. The van der Waals surface area contributed by atoms with E-state index in [1.807, 2.05) is 0 Å². The summed E-state index contributed by atoms with van der Waals surface area (Å²) in [6.45, 7) is 7.91. The van der Waals surface area contributed by atoms with Crippen molar-refractivity contribution in [1.82, 2.24) is 5.32 Å². The number of benzene rings is 2. The van der Waals surface area contributed by atoms with Crippen molar-refractivity contribution in [3.63, 3.8) is 0 Å². The summed E-state index contributed by atoms with van der Waals surface area (Å²) in [7, 11) is 0. The Labute approximate surface area is 128 Å². The summed E-state index contributed by atoms with van der Waals surface area (Å²) >= 11 is 0. The minimum Gasteiger partial charge on any atom is -0.305 e. The predicted molar refractivity (Wildman–Crippen MR) is 89.3 cm³/mol. The molecule has 21 heavy (non-hydrogen) atoms. The highest BCUT2D eigenvalue weighted by Gasteiger charge is 2.35. The Morgan fingerprint density at radius 3 is 2.57 bits per heavy atom. The van der Waals surface area contributed by atoms with E-state index in [-0.39, 0.29) is 0 Å². The molecule has 110 valence electrons. The number of hydrogen-bond donors (Lipinski definition) is 1. The number of hydrogen-bond acceptors (Lipinski definition) is 1. The van der Waals surface area contributed by atoms with Gasteiger partial charge in [0.15, 0.2) is 0 Å². The van der Waals surface area contributed by atoms with E-state index in [9.17, 15) is 0 Å². The molecule has 1 aliphatic carbocycles. The molecular weight excluding hydrogens is 254 g/mol. The number of aryl methyl sites for hydroxylation is 2. The van der Waals surface area contributed by atoms with Crippen molar-refractivity contribution in [3.8, 4) is 0 Å². The summed E-state index contributed by atoms with van der Waals surface area (Å²) in [6.07, 6.45) is 2.45. The molecule has 0 spiro atoms. The Balaban J connectivity index is 1.85. The molecule has 1 atom stereocenters. The van der Waals surface area contributed by atoms with Gasteiger partial charge < -0.3 is 5.32 Å². The summed E-state index contributed by atoms with van der Waals surface area (Å²) in [5.74, 6) is 0.